The number of aromatic nitrogens is 2. The smallest absolute Gasteiger partial charge is 0.356 e. The number of nitrogens with one attached hydrogen (secondary N) is 2. The van der Waals surface area contributed by atoms with Crippen molar-refractivity contribution in [2.24, 2.45) is 5.41 Å². The summed E-state index contributed by atoms with van der Waals surface area (Å²) in [5, 5.41) is 7.08. The first kappa shape index (κ1) is 24.7. The molecular weight excluding hydrogens is 444 g/mol. The number of rotatable bonds is 8. The third-order valence-electron chi connectivity index (χ3n) is 6.04. The van der Waals surface area contributed by atoms with Gasteiger partial charge in [0.25, 0.3) is 5.91 Å². The SMILES string of the molecule is COC(=O)c1c(NC(=O)C2CCCO2)c2cc(NCC(C)(C)C)cnc2n1CCc1ccccc1. The van der Waals surface area contributed by atoms with Crippen LogP contribution in [0.25, 0.3) is 11.0 Å². The van der Waals surface area contributed by atoms with Gasteiger partial charge in [-0.3, -0.25) is 4.79 Å². The predicted molar refractivity (Wildman–Crippen MR) is 137 cm³/mol. The molecule has 3 aromatic rings. The van der Waals surface area contributed by atoms with Crippen LogP contribution in [0.3, 0.4) is 0 Å². The molecule has 8 nitrogen and oxygen atoms in total. The van der Waals surface area contributed by atoms with Crippen LogP contribution >= 0.6 is 0 Å². The summed E-state index contributed by atoms with van der Waals surface area (Å²) >= 11 is 0. The fourth-order valence-corrected chi connectivity index (χ4v) is 4.22. The van der Waals surface area contributed by atoms with Crippen molar-refractivity contribution in [3.63, 3.8) is 0 Å². The minimum Gasteiger partial charge on any atom is -0.464 e. The lowest BCUT2D eigenvalue weighted by Crippen LogP contribution is -2.28. The molecule has 1 amide bonds. The molecule has 0 aliphatic carbocycles. The number of carbonyl (C=O) groups is 2. The molecule has 1 aliphatic rings. The monoisotopic (exact) mass is 478 g/mol. The molecule has 4 rings (SSSR count). The van der Waals surface area contributed by atoms with E-state index in [2.05, 4.69) is 31.4 Å². The second-order valence-electron chi connectivity index (χ2n) is 10.1. The molecule has 3 heterocycles. The maximum Gasteiger partial charge on any atom is 0.356 e. The van der Waals surface area contributed by atoms with Gasteiger partial charge in [0.1, 0.15) is 11.8 Å². The maximum atomic E-state index is 13.0. The van der Waals surface area contributed by atoms with E-state index in [9.17, 15) is 9.59 Å². The molecule has 0 radical (unpaired) electrons. The zero-order chi connectivity index (χ0) is 25.0. The first-order valence-electron chi connectivity index (χ1n) is 12.1. The number of pyridine rings is 1. The Kier molecular flexibility index (Phi) is 7.40. The average molecular weight is 479 g/mol. The van der Waals surface area contributed by atoms with E-state index in [1.807, 2.05) is 41.0 Å². The summed E-state index contributed by atoms with van der Waals surface area (Å²) in [6.45, 7) is 8.25. The molecule has 1 aromatic carbocycles. The van der Waals surface area contributed by atoms with Crippen molar-refractivity contribution in [2.45, 2.75) is 52.7 Å². The van der Waals surface area contributed by atoms with Crippen molar-refractivity contribution in [1.82, 2.24) is 9.55 Å². The van der Waals surface area contributed by atoms with Crippen LogP contribution in [-0.2, 0) is 27.2 Å². The van der Waals surface area contributed by atoms with Gasteiger partial charge in [0.2, 0.25) is 0 Å². The van der Waals surface area contributed by atoms with E-state index < -0.39 is 12.1 Å². The Hall–Kier alpha value is -3.39. The molecule has 1 aliphatic heterocycles. The minimum atomic E-state index is -0.529. The summed E-state index contributed by atoms with van der Waals surface area (Å²) in [5.74, 6) is -0.786. The van der Waals surface area contributed by atoms with Crippen LogP contribution in [0.1, 0.15) is 49.7 Å². The van der Waals surface area contributed by atoms with Gasteiger partial charge in [-0.2, -0.15) is 0 Å². The first-order valence-corrected chi connectivity index (χ1v) is 12.1. The number of ether oxygens (including phenoxy) is 2. The highest BCUT2D eigenvalue weighted by Crippen LogP contribution is 2.34. The quantitative estimate of drug-likeness (QED) is 0.458. The van der Waals surface area contributed by atoms with Gasteiger partial charge in [-0.15, -0.1) is 0 Å². The molecule has 2 N–H and O–H groups in total. The van der Waals surface area contributed by atoms with Crippen molar-refractivity contribution < 1.29 is 19.1 Å². The van der Waals surface area contributed by atoms with E-state index in [0.29, 0.717) is 42.7 Å². The summed E-state index contributed by atoms with van der Waals surface area (Å²) in [4.78, 5) is 30.7. The Morgan fingerprint density at radius 2 is 2.00 bits per heavy atom. The van der Waals surface area contributed by atoms with Crippen molar-refractivity contribution in [3.05, 3.63) is 53.9 Å². The third-order valence-corrected chi connectivity index (χ3v) is 6.04. The number of fused-ring (bicyclic) bond motifs is 1. The Morgan fingerprint density at radius 3 is 2.66 bits per heavy atom. The zero-order valence-corrected chi connectivity index (χ0v) is 20.9. The van der Waals surface area contributed by atoms with Crippen LogP contribution in [0.2, 0.25) is 0 Å². The van der Waals surface area contributed by atoms with E-state index in [0.717, 1.165) is 24.2 Å². The molecule has 1 fully saturated rings. The maximum absolute atomic E-state index is 13.0. The Labute approximate surface area is 206 Å². The number of carbonyl (C=O) groups excluding carboxylic acids is 2. The number of anilines is 2. The highest BCUT2D eigenvalue weighted by molar-refractivity contribution is 6.12. The van der Waals surface area contributed by atoms with Crippen LogP contribution in [0.15, 0.2) is 42.6 Å². The van der Waals surface area contributed by atoms with Crippen LogP contribution in [0.4, 0.5) is 11.4 Å². The van der Waals surface area contributed by atoms with Gasteiger partial charge in [0, 0.05) is 25.1 Å². The third kappa shape index (κ3) is 5.82. The summed E-state index contributed by atoms with van der Waals surface area (Å²) in [5.41, 5.74) is 3.34. The zero-order valence-electron chi connectivity index (χ0n) is 20.9. The second kappa shape index (κ2) is 10.5. The van der Waals surface area contributed by atoms with Gasteiger partial charge in [-0.1, -0.05) is 51.1 Å². The van der Waals surface area contributed by atoms with Crippen LogP contribution in [0.5, 0.6) is 0 Å². The first-order chi connectivity index (χ1) is 16.8. The van der Waals surface area contributed by atoms with Gasteiger partial charge in [-0.25, -0.2) is 9.78 Å². The summed E-state index contributed by atoms with van der Waals surface area (Å²) < 4.78 is 12.6. The molecular formula is C27H34N4O4. The van der Waals surface area contributed by atoms with Gasteiger partial charge in [0.05, 0.1) is 24.7 Å². The standard InChI is InChI=1S/C27H34N4O4/c1-27(2,3)17-29-19-15-20-22(30-25(32)21-11-8-14-35-21)23(26(33)34-4)31(24(20)28-16-19)13-12-18-9-6-5-7-10-18/h5-7,9-10,15-16,21,29H,8,11-14,17H2,1-4H3,(H,30,32). The number of benzene rings is 1. The summed E-state index contributed by atoms with van der Waals surface area (Å²) in [6, 6.07) is 12.0. The number of methoxy groups -OCH3 is 1. The number of nitrogens with zero attached hydrogens (tertiary/aromatic N) is 2. The van der Waals surface area contributed by atoms with Crippen molar-refractivity contribution >= 4 is 34.3 Å². The van der Waals surface area contributed by atoms with Crippen LogP contribution < -0.4 is 10.6 Å². The lowest BCUT2D eigenvalue weighted by molar-refractivity contribution is -0.124. The van der Waals surface area contributed by atoms with E-state index >= 15 is 0 Å². The highest BCUT2D eigenvalue weighted by atomic mass is 16.5. The molecule has 0 saturated carbocycles. The lowest BCUT2D eigenvalue weighted by atomic mass is 9.97. The number of hydrogen-bond donors (Lipinski definition) is 2. The van der Waals surface area contributed by atoms with E-state index in [-0.39, 0.29) is 17.0 Å². The average Bonchev–Trinajstić information content (AvgIpc) is 3.48. The van der Waals surface area contributed by atoms with Crippen LogP contribution in [0, 0.1) is 5.41 Å². The Morgan fingerprint density at radius 1 is 1.23 bits per heavy atom. The normalized spacial score (nSPS) is 15.8. The summed E-state index contributed by atoms with van der Waals surface area (Å²) in [7, 11) is 1.34. The number of esters is 1. The predicted octanol–water partition coefficient (Wildman–Crippen LogP) is 4.64. The van der Waals surface area contributed by atoms with Crippen molar-refractivity contribution in [1.29, 1.82) is 0 Å². The fraction of sp³-hybridized carbons (Fsp3) is 0.444. The molecule has 0 bridgehead atoms. The highest BCUT2D eigenvalue weighted by Gasteiger charge is 2.30. The fourth-order valence-electron chi connectivity index (χ4n) is 4.22. The topological polar surface area (TPSA) is 94.5 Å². The number of aryl methyl sites for hydroxylation is 2. The van der Waals surface area contributed by atoms with E-state index in [1.54, 1.807) is 6.20 Å². The summed E-state index contributed by atoms with van der Waals surface area (Å²) in [6.07, 6.45) is 3.42. The Balaban J connectivity index is 1.78. The molecule has 35 heavy (non-hydrogen) atoms. The molecule has 186 valence electrons. The Bertz CT molecular complexity index is 1190. The largest absolute Gasteiger partial charge is 0.464 e. The number of hydrogen-bond acceptors (Lipinski definition) is 6. The van der Waals surface area contributed by atoms with Gasteiger partial charge in [0.15, 0.2) is 5.69 Å². The molecule has 8 heteroatoms. The second-order valence-corrected chi connectivity index (χ2v) is 10.1. The van der Waals surface area contributed by atoms with E-state index in [1.165, 1.54) is 7.11 Å². The minimum absolute atomic E-state index is 0.0740. The molecule has 1 unspecified atom stereocenters. The van der Waals surface area contributed by atoms with Crippen LogP contribution in [-0.4, -0.2) is 47.8 Å². The molecule has 1 saturated heterocycles. The van der Waals surface area contributed by atoms with Gasteiger partial charge >= 0.3 is 5.97 Å². The van der Waals surface area contributed by atoms with Gasteiger partial charge < -0.3 is 24.7 Å². The molecule has 0 spiro atoms. The number of amides is 1. The lowest BCUT2D eigenvalue weighted by Gasteiger charge is -2.19. The van der Waals surface area contributed by atoms with E-state index in [4.69, 9.17) is 14.5 Å². The van der Waals surface area contributed by atoms with Crippen molar-refractivity contribution in [3.8, 4) is 0 Å². The van der Waals surface area contributed by atoms with Gasteiger partial charge in [-0.05, 0) is 36.3 Å². The van der Waals surface area contributed by atoms with Crippen molar-refractivity contribution in [2.75, 3.05) is 30.9 Å². The molecule has 2 aromatic heterocycles. The molecule has 1 atom stereocenters.